The van der Waals surface area contributed by atoms with E-state index in [4.69, 9.17) is 47.0 Å². The lowest BCUT2D eigenvalue weighted by Crippen LogP contribution is -2.56. The normalized spacial score (nSPS) is 12.2. The molecule has 0 aliphatic carbocycles. The summed E-state index contributed by atoms with van der Waals surface area (Å²) < 4.78 is 11.7. The van der Waals surface area contributed by atoms with Crippen LogP contribution in [0.25, 0.3) is 0 Å². The molecule has 0 saturated heterocycles. The molecule has 0 saturated carbocycles. The number of carbonyl (C=O) groups is 1. The van der Waals surface area contributed by atoms with Crippen LogP contribution in [0, 0.1) is 5.82 Å². The summed E-state index contributed by atoms with van der Waals surface area (Å²) in [7, 11) is 0. The third-order valence-corrected chi connectivity index (χ3v) is 4.66. The fraction of sp³-hybridized carbons (Fsp3) is 0.125. The van der Waals surface area contributed by atoms with Gasteiger partial charge in [0.05, 0.1) is 5.56 Å². The van der Waals surface area contributed by atoms with Crippen molar-refractivity contribution in [2.24, 2.45) is 0 Å². The van der Waals surface area contributed by atoms with E-state index in [1.54, 1.807) is 24.3 Å². The average molecular weight is 500 g/mol. The molecular formula is C16H12BrCl3FN3OS. The number of halogens is 5. The lowest BCUT2D eigenvalue weighted by molar-refractivity contribution is 0.0934. The zero-order valence-electron chi connectivity index (χ0n) is 12.9. The molecule has 1 amide bonds. The van der Waals surface area contributed by atoms with Gasteiger partial charge in [-0.15, -0.1) is 0 Å². The summed E-state index contributed by atoms with van der Waals surface area (Å²) in [6.07, 6.45) is -1.12. The van der Waals surface area contributed by atoms with Gasteiger partial charge in [0, 0.05) is 10.2 Å². The van der Waals surface area contributed by atoms with Crippen LogP contribution < -0.4 is 16.0 Å². The van der Waals surface area contributed by atoms with Gasteiger partial charge >= 0.3 is 0 Å². The first-order valence-electron chi connectivity index (χ1n) is 7.12. The molecule has 2 aromatic rings. The second-order valence-electron chi connectivity index (χ2n) is 5.03. The molecular weight excluding hydrogens is 488 g/mol. The van der Waals surface area contributed by atoms with Crippen LogP contribution in [0.2, 0.25) is 0 Å². The molecule has 3 N–H and O–H groups in total. The van der Waals surface area contributed by atoms with Crippen LogP contribution in [0.4, 0.5) is 10.1 Å². The monoisotopic (exact) mass is 497 g/mol. The Morgan fingerprint density at radius 2 is 1.69 bits per heavy atom. The first-order chi connectivity index (χ1) is 12.2. The number of amides is 1. The van der Waals surface area contributed by atoms with E-state index < -0.39 is 15.9 Å². The van der Waals surface area contributed by atoms with Gasteiger partial charge in [0.25, 0.3) is 5.91 Å². The second kappa shape index (κ2) is 9.19. The van der Waals surface area contributed by atoms with Crippen molar-refractivity contribution in [3.63, 3.8) is 0 Å². The molecule has 0 bridgehead atoms. The fourth-order valence-corrected chi connectivity index (χ4v) is 2.91. The van der Waals surface area contributed by atoms with Gasteiger partial charge in [0.15, 0.2) is 5.11 Å². The maximum Gasteiger partial charge on any atom is 0.254 e. The number of nitrogens with one attached hydrogen (secondary N) is 3. The molecule has 1 atom stereocenters. The highest BCUT2D eigenvalue weighted by Gasteiger charge is 2.35. The van der Waals surface area contributed by atoms with Crippen molar-refractivity contribution in [1.29, 1.82) is 0 Å². The van der Waals surface area contributed by atoms with E-state index in [-0.39, 0.29) is 10.9 Å². The minimum absolute atomic E-state index is 0.0837. The standard InChI is InChI=1S/C16H12BrCl3FN3OS/c17-12-4-2-1-3-11(12)13(25)23-14(16(18,19)20)24-15(26)22-10-7-5-9(21)6-8-10/h1-8,14H,(H,23,25)(H2,22,24,26)/t14-/m0/s1. The second-order valence-corrected chi connectivity index (χ2v) is 8.66. The van der Waals surface area contributed by atoms with E-state index in [9.17, 15) is 9.18 Å². The highest BCUT2D eigenvalue weighted by molar-refractivity contribution is 9.10. The van der Waals surface area contributed by atoms with Gasteiger partial charge in [-0.1, -0.05) is 46.9 Å². The Labute approximate surface area is 178 Å². The zero-order valence-corrected chi connectivity index (χ0v) is 17.6. The lowest BCUT2D eigenvalue weighted by atomic mass is 10.2. The zero-order chi connectivity index (χ0) is 19.3. The Kier molecular flexibility index (Phi) is 7.49. The molecule has 4 nitrogen and oxygen atoms in total. The maximum absolute atomic E-state index is 12.9. The Morgan fingerprint density at radius 1 is 1.08 bits per heavy atom. The first-order valence-corrected chi connectivity index (χ1v) is 9.45. The van der Waals surface area contributed by atoms with Crippen molar-refractivity contribution in [3.8, 4) is 0 Å². The topological polar surface area (TPSA) is 53.2 Å². The highest BCUT2D eigenvalue weighted by atomic mass is 79.9. The minimum atomic E-state index is -1.88. The van der Waals surface area contributed by atoms with Crippen LogP contribution in [-0.2, 0) is 0 Å². The molecule has 0 spiro atoms. The Bertz CT molecular complexity index is 802. The number of hydrogen-bond donors (Lipinski definition) is 3. The number of benzene rings is 2. The summed E-state index contributed by atoms with van der Waals surface area (Å²) in [6, 6.07) is 12.3. The Balaban J connectivity index is 2.07. The van der Waals surface area contributed by atoms with E-state index >= 15 is 0 Å². The number of alkyl halides is 3. The number of anilines is 1. The van der Waals surface area contributed by atoms with Gasteiger partial charge in [-0.2, -0.15) is 0 Å². The maximum atomic E-state index is 12.9. The summed E-state index contributed by atoms with van der Waals surface area (Å²) in [4.78, 5) is 12.4. The fourth-order valence-electron chi connectivity index (χ4n) is 1.89. The predicted molar refractivity (Wildman–Crippen MR) is 111 cm³/mol. The molecule has 0 aliphatic heterocycles. The van der Waals surface area contributed by atoms with Crippen LogP contribution in [-0.4, -0.2) is 21.0 Å². The SMILES string of the molecule is O=C(N[C@@H](NC(=S)Nc1ccc(F)cc1)C(Cl)(Cl)Cl)c1ccccc1Br. The number of carbonyl (C=O) groups excluding carboxylic acids is 1. The Morgan fingerprint density at radius 3 is 2.27 bits per heavy atom. The summed E-state index contributed by atoms with van der Waals surface area (Å²) in [6.45, 7) is 0. The van der Waals surface area contributed by atoms with Gasteiger partial charge in [-0.25, -0.2) is 4.39 Å². The van der Waals surface area contributed by atoms with Crippen molar-refractivity contribution in [2.45, 2.75) is 9.96 Å². The third kappa shape index (κ3) is 6.25. The largest absolute Gasteiger partial charge is 0.339 e. The average Bonchev–Trinajstić information content (AvgIpc) is 2.56. The van der Waals surface area contributed by atoms with Crippen molar-refractivity contribution >= 4 is 79.7 Å². The number of rotatable bonds is 4. The van der Waals surface area contributed by atoms with Gasteiger partial charge in [0.1, 0.15) is 12.0 Å². The van der Waals surface area contributed by atoms with Gasteiger partial charge in [-0.3, -0.25) is 4.79 Å². The van der Waals surface area contributed by atoms with E-state index in [0.29, 0.717) is 15.7 Å². The molecule has 0 radical (unpaired) electrons. The van der Waals surface area contributed by atoms with Crippen molar-refractivity contribution in [3.05, 3.63) is 64.4 Å². The van der Waals surface area contributed by atoms with Crippen LogP contribution >= 0.6 is 63.0 Å². The van der Waals surface area contributed by atoms with Crippen molar-refractivity contribution in [1.82, 2.24) is 10.6 Å². The molecule has 0 heterocycles. The molecule has 10 heteroatoms. The van der Waals surface area contributed by atoms with Crippen LogP contribution in [0.5, 0.6) is 0 Å². The molecule has 0 fully saturated rings. The molecule has 0 aliphatic rings. The smallest absolute Gasteiger partial charge is 0.254 e. The van der Waals surface area contributed by atoms with Crippen LogP contribution in [0.3, 0.4) is 0 Å². The van der Waals surface area contributed by atoms with Gasteiger partial charge in [0.2, 0.25) is 3.79 Å². The van der Waals surface area contributed by atoms with E-state index in [2.05, 4.69) is 31.9 Å². The number of hydrogen-bond acceptors (Lipinski definition) is 2. The van der Waals surface area contributed by atoms with Gasteiger partial charge < -0.3 is 16.0 Å². The molecule has 0 unspecified atom stereocenters. The minimum Gasteiger partial charge on any atom is -0.339 e. The predicted octanol–water partition coefficient (Wildman–Crippen LogP) is 5.00. The van der Waals surface area contributed by atoms with Crippen molar-refractivity contribution in [2.75, 3.05) is 5.32 Å². The van der Waals surface area contributed by atoms with Crippen molar-refractivity contribution < 1.29 is 9.18 Å². The van der Waals surface area contributed by atoms with E-state index in [1.807, 2.05) is 0 Å². The van der Waals surface area contributed by atoms with Crippen LogP contribution in [0.15, 0.2) is 53.0 Å². The van der Waals surface area contributed by atoms with Crippen LogP contribution in [0.1, 0.15) is 10.4 Å². The molecule has 2 aromatic carbocycles. The molecule has 2 rings (SSSR count). The van der Waals surface area contributed by atoms with Gasteiger partial charge in [-0.05, 0) is 64.5 Å². The molecule has 26 heavy (non-hydrogen) atoms. The summed E-state index contributed by atoms with van der Waals surface area (Å²) >= 11 is 26.3. The van der Waals surface area contributed by atoms with E-state index in [0.717, 1.165) is 0 Å². The lowest BCUT2D eigenvalue weighted by Gasteiger charge is -2.28. The highest BCUT2D eigenvalue weighted by Crippen LogP contribution is 2.29. The number of thiocarbonyl (C=S) groups is 1. The molecule has 138 valence electrons. The molecule has 0 aromatic heterocycles. The van der Waals surface area contributed by atoms with E-state index in [1.165, 1.54) is 24.3 Å². The third-order valence-electron chi connectivity index (χ3n) is 3.10. The first kappa shape index (κ1) is 21.2. The summed E-state index contributed by atoms with van der Waals surface area (Å²) in [5, 5.41) is 8.20. The Hall–Kier alpha value is -1.12. The summed E-state index contributed by atoms with van der Waals surface area (Å²) in [5.41, 5.74) is 0.898. The quantitative estimate of drug-likeness (QED) is 0.315. The summed E-state index contributed by atoms with van der Waals surface area (Å²) in [5.74, 6) is -0.847.